The van der Waals surface area contributed by atoms with Gasteiger partial charge in [-0.3, -0.25) is 0 Å². The number of alkyl halides is 3. The molecule has 0 N–H and O–H groups in total. The van der Waals surface area contributed by atoms with Crippen LogP contribution in [-0.4, -0.2) is 13.3 Å². The molecule has 0 saturated carbocycles. The molecule has 2 atom stereocenters. The van der Waals surface area contributed by atoms with Gasteiger partial charge in [-0.05, 0) is 69.0 Å². The van der Waals surface area contributed by atoms with Crippen LogP contribution in [0.5, 0.6) is 0 Å². The van der Waals surface area contributed by atoms with E-state index in [1.54, 1.807) is 7.11 Å². The van der Waals surface area contributed by atoms with E-state index < -0.39 is 12.6 Å². The molecule has 1 nitrogen and oxygen atoms in total. The largest absolute Gasteiger partial charge is 0.389 e. The van der Waals surface area contributed by atoms with Gasteiger partial charge in [-0.2, -0.15) is 13.2 Å². The average molecular weight is 372 g/mol. The maximum atomic E-state index is 12.9. The number of rotatable bonds is 3. The topological polar surface area (TPSA) is 9.23 Å². The molecule has 0 fully saturated rings. The van der Waals surface area contributed by atoms with Crippen molar-refractivity contribution in [2.24, 2.45) is 5.92 Å². The molecule has 3 aromatic rings. The maximum Gasteiger partial charge on any atom is 0.389 e. The van der Waals surface area contributed by atoms with Gasteiger partial charge in [0.05, 0.1) is 6.61 Å². The summed E-state index contributed by atoms with van der Waals surface area (Å²) >= 11 is 0. The van der Waals surface area contributed by atoms with Crippen LogP contribution in [-0.2, 0) is 17.8 Å². The van der Waals surface area contributed by atoms with Gasteiger partial charge >= 0.3 is 6.18 Å². The zero-order valence-corrected chi connectivity index (χ0v) is 15.6. The fourth-order valence-corrected chi connectivity index (χ4v) is 4.72. The molecule has 0 aromatic heterocycles. The molecule has 0 spiro atoms. The van der Waals surface area contributed by atoms with E-state index in [0.717, 1.165) is 16.5 Å². The fraction of sp³-hybridized carbons (Fsp3) is 0.391. The third-order valence-electron chi connectivity index (χ3n) is 6.03. The number of ether oxygens (including phenoxy) is 1. The molecule has 2 unspecified atom stereocenters. The number of hydrogen-bond donors (Lipinski definition) is 0. The highest BCUT2D eigenvalue weighted by molar-refractivity contribution is 6.10. The van der Waals surface area contributed by atoms with Gasteiger partial charge in [0, 0.05) is 13.5 Å². The van der Waals surface area contributed by atoms with Crippen LogP contribution in [0.3, 0.4) is 0 Å². The molecular weight excluding hydrogens is 349 g/mol. The highest BCUT2D eigenvalue weighted by atomic mass is 19.4. The minimum Gasteiger partial charge on any atom is -0.380 e. The van der Waals surface area contributed by atoms with Crippen molar-refractivity contribution in [1.29, 1.82) is 0 Å². The molecule has 0 saturated heterocycles. The van der Waals surface area contributed by atoms with Gasteiger partial charge in [0.1, 0.15) is 0 Å². The summed E-state index contributed by atoms with van der Waals surface area (Å²) in [6.45, 7) is 2.46. The predicted octanol–water partition coefficient (Wildman–Crippen LogP) is 6.76. The molecule has 0 aliphatic heterocycles. The first-order chi connectivity index (χ1) is 12.9. The van der Waals surface area contributed by atoms with Crippen LogP contribution in [0.15, 0.2) is 42.5 Å². The van der Waals surface area contributed by atoms with Crippen molar-refractivity contribution in [2.45, 2.75) is 44.9 Å². The number of aryl methyl sites for hydroxylation is 1. The van der Waals surface area contributed by atoms with E-state index in [0.29, 0.717) is 19.4 Å². The second-order valence-corrected chi connectivity index (χ2v) is 7.65. The van der Waals surface area contributed by atoms with Crippen molar-refractivity contribution in [3.05, 3.63) is 59.2 Å². The first-order valence-electron chi connectivity index (χ1n) is 9.41. The summed E-state index contributed by atoms with van der Waals surface area (Å²) in [5.74, 6) is -0.425. The summed E-state index contributed by atoms with van der Waals surface area (Å²) in [6, 6.07) is 14.6. The lowest BCUT2D eigenvalue weighted by molar-refractivity contribution is -0.146. The first kappa shape index (κ1) is 18.3. The standard InChI is InChI=1S/C23H23F3O/c1-14-15(12-23(24,25)26)7-8-20-17(14)9-10-21-19-6-4-3-5-18(19)16(13-27-2)11-22(20)21/h3-6,9-11,14-15H,7-8,12-13H2,1-2H3. The smallest absolute Gasteiger partial charge is 0.380 e. The third-order valence-corrected chi connectivity index (χ3v) is 6.03. The number of benzene rings is 3. The molecule has 27 heavy (non-hydrogen) atoms. The van der Waals surface area contributed by atoms with E-state index in [1.165, 1.54) is 21.7 Å². The molecule has 0 radical (unpaired) electrons. The molecule has 3 aromatic carbocycles. The summed E-state index contributed by atoms with van der Waals surface area (Å²) in [5.41, 5.74) is 3.40. The van der Waals surface area contributed by atoms with Crippen LogP contribution in [0.4, 0.5) is 13.2 Å². The quantitative estimate of drug-likeness (QED) is 0.462. The zero-order valence-electron chi connectivity index (χ0n) is 15.6. The van der Waals surface area contributed by atoms with Gasteiger partial charge in [0.15, 0.2) is 0 Å². The zero-order chi connectivity index (χ0) is 19.2. The Kier molecular flexibility index (Phi) is 4.63. The van der Waals surface area contributed by atoms with E-state index >= 15 is 0 Å². The van der Waals surface area contributed by atoms with Crippen molar-refractivity contribution in [3.63, 3.8) is 0 Å². The minimum atomic E-state index is -4.10. The van der Waals surface area contributed by atoms with E-state index in [4.69, 9.17) is 4.74 Å². The molecule has 4 heteroatoms. The summed E-state index contributed by atoms with van der Waals surface area (Å²) in [6.07, 6.45) is -3.52. The van der Waals surface area contributed by atoms with Crippen LogP contribution in [0.2, 0.25) is 0 Å². The van der Waals surface area contributed by atoms with E-state index in [9.17, 15) is 13.2 Å². The van der Waals surface area contributed by atoms with Crippen molar-refractivity contribution < 1.29 is 17.9 Å². The van der Waals surface area contributed by atoms with Crippen molar-refractivity contribution >= 4 is 21.5 Å². The summed E-state index contributed by atoms with van der Waals surface area (Å²) in [5, 5.41) is 4.68. The van der Waals surface area contributed by atoms with Crippen LogP contribution in [0.25, 0.3) is 21.5 Å². The number of methoxy groups -OCH3 is 1. The van der Waals surface area contributed by atoms with Gasteiger partial charge in [-0.1, -0.05) is 43.3 Å². The second kappa shape index (κ2) is 6.83. The maximum absolute atomic E-state index is 12.9. The van der Waals surface area contributed by atoms with Crippen molar-refractivity contribution in [3.8, 4) is 0 Å². The Morgan fingerprint density at radius 2 is 1.70 bits per heavy atom. The van der Waals surface area contributed by atoms with Gasteiger partial charge in [0.2, 0.25) is 0 Å². The fourth-order valence-electron chi connectivity index (χ4n) is 4.72. The monoisotopic (exact) mass is 372 g/mol. The normalized spacial score (nSPS) is 20.2. The summed E-state index contributed by atoms with van der Waals surface area (Å²) in [7, 11) is 1.68. The molecular formula is C23H23F3O. The number of fused-ring (bicyclic) bond motifs is 5. The van der Waals surface area contributed by atoms with Crippen LogP contribution in [0, 0.1) is 5.92 Å². The van der Waals surface area contributed by atoms with Crippen LogP contribution < -0.4 is 0 Å². The highest BCUT2D eigenvalue weighted by Gasteiger charge is 2.37. The Balaban J connectivity index is 1.88. The predicted molar refractivity (Wildman–Crippen MR) is 103 cm³/mol. The molecule has 142 valence electrons. The Hall–Kier alpha value is -2.07. The second-order valence-electron chi connectivity index (χ2n) is 7.65. The summed E-state index contributed by atoms with van der Waals surface area (Å²) < 4.78 is 44.2. The third kappa shape index (κ3) is 3.31. The van der Waals surface area contributed by atoms with E-state index in [2.05, 4.69) is 24.3 Å². The first-order valence-corrected chi connectivity index (χ1v) is 9.41. The number of hydrogen-bond acceptors (Lipinski definition) is 1. The summed E-state index contributed by atoms with van der Waals surface area (Å²) in [4.78, 5) is 0. The van der Waals surface area contributed by atoms with Gasteiger partial charge in [0.25, 0.3) is 0 Å². The van der Waals surface area contributed by atoms with Crippen molar-refractivity contribution in [1.82, 2.24) is 0 Å². The Labute approximate surface area is 157 Å². The van der Waals surface area contributed by atoms with Gasteiger partial charge < -0.3 is 4.74 Å². The molecule has 0 amide bonds. The minimum absolute atomic E-state index is 0.0860. The average Bonchev–Trinajstić information content (AvgIpc) is 2.63. The SMILES string of the molecule is COCc1cc2c3c(ccc2c2ccccc12)C(C)C(CC(F)(F)F)CC3. The molecule has 1 aliphatic carbocycles. The van der Waals surface area contributed by atoms with Crippen LogP contribution >= 0.6 is 0 Å². The molecule has 4 rings (SSSR count). The lowest BCUT2D eigenvalue weighted by Crippen LogP contribution is -2.24. The van der Waals surface area contributed by atoms with Gasteiger partial charge in [-0.25, -0.2) is 0 Å². The Morgan fingerprint density at radius 3 is 2.41 bits per heavy atom. The Morgan fingerprint density at radius 1 is 1.00 bits per heavy atom. The number of halogens is 3. The lowest BCUT2D eigenvalue weighted by Gasteiger charge is -2.33. The van der Waals surface area contributed by atoms with E-state index in [1.807, 2.05) is 25.1 Å². The lowest BCUT2D eigenvalue weighted by atomic mass is 9.73. The molecule has 0 bridgehead atoms. The van der Waals surface area contributed by atoms with Crippen LogP contribution in [0.1, 0.15) is 42.4 Å². The van der Waals surface area contributed by atoms with Gasteiger partial charge in [-0.15, -0.1) is 0 Å². The molecule has 0 heterocycles. The highest BCUT2D eigenvalue weighted by Crippen LogP contribution is 2.44. The van der Waals surface area contributed by atoms with E-state index in [-0.39, 0.29) is 11.8 Å². The Bertz CT molecular complexity index is 990. The molecule has 1 aliphatic rings. The van der Waals surface area contributed by atoms with Crippen molar-refractivity contribution in [2.75, 3.05) is 7.11 Å².